The highest BCUT2D eigenvalue weighted by atomic mass is 16.5. The van der Waals surface area contributed by atoms with Crippen molar-refractivity contribution in [2.45, 2.75) is 424 Å². The van der Waals surface area contributed by atoms with Crippen molar-refractivity contribution in [2.75, 3.05) is 13.2 Å². The predicted octanol–water partition coefficient (Wildman–Crippen LogP) is 24.3. The minimum Gasteiger partial charge on any atom is -0.466 e. The van der Waals surface area contributed by atoms with E-state index in [0.717, 1.165) is 51.4 Å². The number of ether oxygens (including phenoxy) is 1. The molecule has 0 heterocycles. The molecule has 82 heavy (non-hydrogen) atoms. The van der Waals surface area contributed by atoms with E-state index < -0.39 is 12.1 Å². The zero-order valence-corrected chi connectivity index (χ0v) is 55.5. The van der Waals surface area contributed by atoms with Gasteiger partial charge in [0.05, 0.1) is 25.4 Å². The van der Waals surface area contributed by atoms with Crippen molar-refractivity contribution in [3.8, 4) is 0 Å². The van der Waals surface area contributed by atoms with Crippen LogP contribution in [0.15, 0.2) is 36.5 Å². The van der Waals surface area contributed by atoms with Crippen LogP contribution in [0.1, 0.15) is 412 Å². The molecule has 484 valence electrons. The number of allylic oxidation sites excluding steroid dienone is 5. The van der Waals surface area contributed by atoms with Gasteiger partial charge in [-0.2, -0.15) is 0 Å². The maximum absolute atomic E-state index is 12.5. The first-order valence-electron chi connectivity index (χ1n) is 37.3. The Hall–Kier alpha value is -1.92. The number of nitrogens with one attached hydrogen (secondary N) is 1. The fourth-order valence-electron chi connectivity index (χ4n) is 11.7. The van der Waals surface area contributed by atoms with E-state index in [-0.39, 0.29) is 18.5 Å². The van der Waals surface area contributed by atoms with E-state index >= 15 is 0 Å². The molecule has 2 unspecified atom stereocenters. The Morgan fingerprint density at radius 1 is 0.341 bits per heavy atom. The van der Waals surface area contributed by atoms with Gasteiger partial charge in [0, 0.05) is 12.8 Å². The highest BCUT2D eigenvalue weighted by molar-refractivity contribution is 5.76. The van der Waals surface area contributed by atoms with Crippen LogP contribution in [-0.4, -0.2) is 47.4 Å². The van der Waals surface area contributed by atoms with Crippen molar-refractivity contribution in [1.29, 1.82) is 0 Å². The maximum Gasteiger partial charge on any atom is 0.305 e. The molecular formula is C76H145NO5. The lowest BCUT2D eigenvalue weighted by molar-refractivity contribution is -0.143. The first-order valence-corrected chi connectivity index (χ1v) is 37.3. The smallest absolute Gasteiger partial charge is 0.305 e. The highest BCUT2D eigenvalue weighted by Crippen LogP contribution is 2.19. The summed E-state index contributed by atoms with van der Waals surface area (Å²) in [6, 6.07) is -0.627. The van der Waals surface area contributed by atoms with Gasteiger partial charge in [-0.25, -0.2) is 0 Å². The summed E-state index contributed by atoms with van der Waals surface area (Å²) in [5.41, 5.74) is 0. The van der Waals surface area contributed by atoms with E-state index in [2.05, 4.69) is 43.5 Å². The third kappa shape index (κ3) is 67.2. The SMILES string of the molecule is CCCCC/C=C\C/C=C\CCCCCCCCCCCC(=O)OCCCCCCCCCCCCCCCCCCCCCCCCCCCCC(=O)NC(CO)C(O)/C=C/CCCCCCCCCCCCCCCCCCCC. The van der Waals surface area contributed by atoms with Crippen molar-refractivity contribution in [2.24, 2.45) is 0 Å². The molecule has 2 atom stereocenters. The molecule has 0 radical (unpaired) electrons. The van der Waals surface area contributed by atoms with Gasteiger partial charge in [-0.05, 0) is 64.2 Å². The van der Waals surface area contributed by atoms with E-state index in [1.165, 1.54) is 334 Å². The zero-order valence-electron chi connectivity index (χ0n) is 55.5. The Balaban J connectivity index is 3.37. The van der Waals surface area contributed by atoms with Crippen LogP contribution in [0.5, 0.6) is 0 Å². The molecule has 0 aliphatic heterocycles. The number of rotatable bonds is 70. The molecule has 0 rings (SSSR count). The van der Waals surface area contributed by atoms with E-state index in [0.29, 0.717) is 19.4 Å². The molecular weight excluding hydrogens is 1010 g/mol. The standard InChI is InChI=1S/C76H145NO5/c1-3-5-7-9-11-13-15-17-19-21-23-33-36-40-44-48-52-56-60-64-68-74(79)73(72-78)77-75(80)69-65-61-57-53-49-45-41-37-34-30-28-26-24-25-27-29-31-35-39-43-47-51-55-59-63-67-71-82-76(81)70-66-62-58-54-50-46-42-38-32-22-20-18-16-14-12-10-8-6-4-2/h12,14,18,20,64,68,73-74,78-79H,3-11,13,15-17,19,21-63,65-67,69-72H2,1-2H3,(H,77,80)/b14-12-,20-18-,68-64+. The number of aliphatic hydroxyl groups is 2. The van der Waals surface area contributed by atoms with Gasteiger partial charge in [-0.3, -0.25) is 9.59 Å². The number of esters is 1. The molecule has 0 aliphatic rings. The molecule has 0 aliphatic carbocycles. The Bertz CT molecular complexity index is 1330. The lowest BCUT2D eigenvalue weighted by Gasteiger charge is -2.20. The first kappa shape index (κ1) is 80.1. The van der Waals surface area contributed by atoms with Gasteiger partial charge in [0.15, 0.2) is 0 Å². The molecule has 0 saturated heterocycles. The van der Waals surface area contributed by atoms with Crippen molar-refractivity contribution in [3.05, 3.63) is 36.5 Å². The number of hydrogen-bond acceptors (Lipinski definition) is 5. The average molecular weight is 1150 g/mol. The number of carbonyl (C=O) groups is 2. The monoisotopic (exact) mass is 1150 g/mol. The molecule has 1 amide bonds. The van der Waals surface area contributed by atoms with Crippen LogP contribution < -0.4 is 5.32 Å². The Kier molecular flexibility index (Phi) is 69.9. The molecule has 0 fully saturated rings. The summed E-state index contributed by atoms with van der Waals surface area (Å²) in [5.74, 6) is -0.0481. The maximum atomic E-state index is 12.5. The summed E-state index contributed by atoms with van der Waals surface area (Å²) in [7, 11) is 0. The highest BCUT2D eigenvalue weighted by Gasteiger charge is 2.18. The van der Waals surface area contributed by atoms with Crippen LogP contribution in [0.3, 0.4) is 0 Å². The second-order valence-corrected chi connectivity index (χ2v) is 25.6. The summed E-state index contributed by atoms with van der Waals surface area (Å²) >= 11 is 0. The van der Waals surface area contributed by atoms with Crippen molar-refractivity contribution >= 4 is 11.9 Å². The number of hydrogen-bond donors (Lipinski definition) is 3. The fourth-order valence-corrected chi connectivity index (χ4v) is 11.7. The van der Waals surface area contributed by atoms with E-state index in [1.54, 1.807) is 6.08 Å². The summed E-state index contributed by atoms with van der Waals surface area (Å²) in [4.78, 5) is 24.6. The van der Waals surface area contributed by atoms with Crippen molar-refractivity contribution in [3.63, 3.8) is 0 Å². The second kappa shape index (κ2) is 71.6. The van der Waals surface area contributed by atoms with Gasteiger partial charge in [0.2, 0.25) is 5.91 Å². The summed E-state index contributed by atoms with van der Waals surface area (Å²) in [6.07, 6.45) is 92.3. The van der Waals surface area contributed by atoms with Gasteiger partial charge in [-0.15, -0.1) is 0 Å². The van der Waals surface area contributed by atoms with Crippen molar-refractivity contribution < 1.29 is 24.5 Å². The van der Waals surface area contributed by atoms with Gasteiger partial charge in [0.25, 0.3) is 0 Å². The van der Waals surface area contributed by atoms with Crippen LogP contribution in [-0.2, 0) is 14.3 Å². The number of amides is 1. The van der Waals surface area contributed by atoms with Crippen LogP contribution in [0.25, 0.3) is 0 Å². The second-order valence-electron chi connectivity index (χ2n) is 25.6. The third-order valence-electron chi connectivity index (χ3n) is 17.4. The molecule has 0 bridgehead atoms. The molecule has 0 saturated carbocycles. The van der Waals surface area contributed by atoms with Crippen LogP contribution in [0.4, 0.5) is 0 Å². The molecule has 0 aromatic heterocycles. The Morgan fingerprint density at radius 3 is 0.951 bits per heavy atom. The third-order valence-corrected chi connectivity index (χ3v) is 17.4. The Morgan fingerprint density at radius 2 is 0.610 bits per heavy atom. The number of unbranched alkanes of at least 4 members (excludes halogenated alkanes) is 55. The Labute approximate surface area is 513 Å². The van der Waals surface area contributed by atoms with Crippen LogP contribution in [0.2, 0.25) is 0 Å². The summed E-state index contributed by atoms with van der Waals surface area (Å²) in [5, 5.41) is 23.3. The molecule has 0 aromatic rings. The normalized spacial score (nSPS) is 12.7. The van der Waals surface area contributed by atoms with Crippen LogP contribution >= 0.6 is 0 Å². The van der Waals surface area contributed by atoms with Gasteiger partial charge < -0.3 is 20.3 Å². The largest absolute Gasteiger partial charge is 0.466 e. The lowest BCUT2D eigenvalue weighted by atomic mass is 10.0. The van der Waals surface area contributed by atoms with Gasteiger partial charge >= 0.3 is 5.97 Å². The molecule has 0 aromatic carbocycles. The number of aliphatic hydroxyl groups excluding tert-OH is 2. The minimum atomic E-state index is -0.844. The number of carbonyl (C=O) groups excluding carboxylic acids is 2. The first-order chi connectivity index (χ1) is 40.5. The van der Waals surface area contributed by atoms with Crippen molar-refractivity contribution in [1.82, 2.24) is 5.32 Å². The van der Waals surface area contributed by atoms with Gasteiger partial charge in [-0.1, -0.05) is 371 Å². The van der Waals surface area contributed by atoms with E-state index in [1.807, 2.05) is 6.08 Å². The van der Waals surface area contributed by atoms with Crippen LogP contribution in [0, 0.1) is 0 Å². The molecule has 6 nitrogen and oxygen atoms in total. The summed E-state index contributed by atoms with van der Waals surface area (Å²) < 4.78 is 5.51. The van der Waals surface area contributed by atoms with E-state index in [9.17, 15) is 19.8 Å². The lowest BCUT2D eigenvalue weighted by Crippen LogP contribution is -2.45. The fraction of sp³-hybridized carbons (Fsp3) is 0.895. The predicted molar refractivity (Wildman–Crippen MR) is 361 cm³/mol. The minimum absolute atomic E-state index is 0.0138. The van der Waals surface area contributed by atoms with E-state index in [4.69, 9.17) is 4.74 Å². The zero-order chi connectivity index (χ0) is 59.2. The average Bonchev–Trinajstić information content (AvgIpc) is 3.48. The quantitative estimate of drug-likeness (QED) is 0.0320. The summed E-state index contributed by atoms with van der Waals surface area (Å²) in [6.45, 7) is 4.92. The molecule has 0 spiro atoms. The topological polar surface area (TPSA) is 95.9 Å². The molecule has 6 heteroatoms. The molecule has 3 N–H and O–H groups in total. The van der Waals surface area contributed by atoms with Gasteiger partial charge in [0.1, 0.15) is 0 Å².